The number of fused-ring (bicyclic) bond motifs is 2. The molecule has 1 fully saturated rings. The summed E-state index contributed by atoms with van der Waals surface area (Å²) in [7, 11) is -2.71. The number of hydrogen-bond donors (Lipinski definition) is 2. The van der Waals surface area contributed by atoms with E-state index in [2.05, 4.69) is 30.5 Å². The first-order valence-corrected chi connectivity index (χ1v) is 13.6. The van der Waals surface area contributed by atoms with Crippen LogP contribution in [0.15, 0.2) is 36.8 Å². The quantitative estimate of drug-likeness (QED) is 0.432. The van der Waals surface area contributed by atoms with E-state index in [-0.39, 0.29) is 16.9 Å². The first kappa shape index (κ1) is 22.4. The summed E-state index contributed by atoms with van der Waals surface area (Å²) in [5.41, 5.74) is 3.59. The third-order valence-electron chi connectivity index (χ3n) is 5.80. The Hall–Kier alpha value is -3.36. The lowest BCUT2D eigenvalue weighted by atomic mass is 10.1. The first-order valence-electron chi connectivity index (χ1n) is 11.0. The first-order chi connectivity index (χ1) is 16.2. The minimum atomic E-state index is -2.71. The molecule has 0 saturated carbocycles. The lowest BCUT2D eigenvalue weighted by Crippen LogP contribution is -2.43. The van der Waals surface area contributed by atoms with Crippen molar-refractivity contribution in [2.45, 2.75) is 6.92 Å². The largest absolute Gasteiger partial charge is 0.367 e. The Morgan fingerprint density at radius 2 is 1.91 bits per heavy atom. The summed E-state index contributed by atoms with van der Waals surface area (Å²) < 4.78 is 28.8. The molecular weight excluding hydrogens is 456 g/mol. The number of imidazole rings is 1. The highest BCUT2D eigenvalue weighted by molar-refractivity contribution is 7.69. The summed E-state index contributed by atoms with van der Waals surface area (Å²) in [6.07, 6.45) is 4.82. The summed E-state index contributed by atoms with van der Waals surface area (Å²) in [6, 6.07) is 4.79. The van der Waals surface area contributed by atoms with Crippen molar-refractivity contribution in [3.05, 3.63) is 53.9 Å². The normalized spacial score (nSPS) is 14.6. The van der Waals surface area contributed by atoms with Crippen molar-refractivity contribution in [3.63, 3.8) is 0 Å². The van der Waals surface area contributed by atoms with Crippen molar-refractivity contribution in [3.8, 4) is 0 Å². The molecule has 1 aliphatic heterocycles. The molecule has 1 amide bonds. The second-order valence-corrected chi connectivity index (χ2v) is 11.9. The molecule has 4 heterocycles. The lowest BCUT2D eigenvalue weighted by molar-refractivity contribution is 0.102. The van der Waals surface area contributed by atoms with Crippen LogP contribution in [0.5, 0.6) is 0 Å². The van der Waals surface area contributed by atoms with Gasteiger partial charge < -0.3 is 24.5 Å². The van der Waals surface area contributed by atoms with E-state index in [0.29, 0.717) is 22.2 Å². The van der Waals surface area contributed by atoms with E-state index in [1.54, 1.807) is 38.7 Å². The van der Waals surface area contributed by atoms with Crippen LogP contribution in [0.2, 0.25) is 0 Å². The monoisotopic (exact) mass is 481 g/mol. The molecule has 0 spiro atoms. The molecule has 34 heavy (non-hydrogen) atoms. The number of anilines is 2. The van der Waals surface area contributed by atoms with Gasteiger partial charge >= 0.3 is 0 Å². The second-order valence-electron chi connectivity index (χ2n) is 8.79. The zero-order valence-electron chi connectivity index (χ0n) is 19.2. The summed E-state index contributed by atoms with van der Waals surface area (Å²) in [6.45, 7) is 8.29. The van der Waals surface area contributed by atoms with Gasteiger partial charge in [-0.05, 0) is 32.4 Å². The Kier molecular flexibility index (Phi) is 5.58. The number of halogens is 1. The molecule has 1 aromatic carbocycles. The van der Waals surface area contributed by atoms with Gasteiger partial charge in [0.05, 0.1) is 28.8 Å². The predicted octanol–water partition coefficient (Wildman–Crippen LogP) is 2.63. The molecular formula is C23H25FN7O2P. The number of amides is 1. The molecule has 2 N–H and O–H groups in total. The smallest absolute Gasteiger partial charge is 0.257 e. The van der Waals surface area contributed by atoms with Crippen LogP contribution >= 0.6 is 7.14 Å². The number of benzene rings is 1. The number of aromatic nitrogens is 4. The summed E-state index contributed by atoms with van der Waals surface area (Å²) >= 11 is 0. The Balaban J connectivity index is 1.59. The highest BCUT2D eigenvalue weighted by Crippen LogP contribution is 2.35. The molecule has 1 saturated heterocycles. The fraction of sp³-hybridized carbons (Fsp3) is 0.304. The van der Waals surface area contributed by atoms with Crippen LogP contribution in [0.3, 0.4) is 0 Å². The van der Waals surface area contributed by atoms with Gasteiger partial charge in [-0.15, -0.1) is 0 Å². The second kappa shape index (κ2) is 8.45. The van der Waals surface area contributed by atoms with Crippen LogP contribution in [0.25, 0.3) is 16.7 Å². The van der Waals surface area contributed by atoms with E-state index in [0.717, 1.165) is 31.9 Å². The van der Waals surface area contributed by atoms with Gasteiger partial charge in [0.15, 0.2) is 11.5 Å². The molecule has 9 nitrogen and oxygen atoms in total. The fourth-order valence-corrected chi connectivity index (χ4v) is 4.80. The molecule has 5 rings (SSSR count). The van der Waals surface area contributed by atoms with Crippen molar-refractivity contribution in [1.82, 2.24) is 24.7 Å². The average molecular weight is 481 g/mol. The SMILES string of the molecule is Cc1cn2cc(NC(=O)c3ccc(N4CCNCC4)c4ncc(P(C)(C)=O)nc34)cc(F)c2n1. The molecule has 1 aliphatic rings. The van der Waals surface area contributed by atoms with Gasteiger partial charge in [-0.3, -0.25) is 4.79 Å². The van der Waals surface area contributed by atoms with Gasteiger partial charge in [0.25, 0.3) is 5.91 Å². The molecule has 0 bridgehead atoms. The molecule has 0 aliphatic carbocycles. The minimum Gasteiger partial charge on any atom is -0.367 e. The summed E-state index contributed by atoms with van der Waals surface area (Å²) in [4.78, 5) is 28.8. The lowest BCUT2D eigenvalue weighted by Gasteiger charge is -2.30. The van der Waals surface area contributed by atoms with Crippen LogP contribution in [-0.4, -0.2) is 64.8 Å². The third-order valence-corrected chi connectivity index (χ3v) is 7.12. The number of carbonyl (C=O) groups is 1. The fourth-order valence-electron chi connectivity index (χ4n) is 4.12. The standard InChI is InChI=1S/C23H25FN7O2P/c1-14-12-31-13-15(10-17(24)22(31)27-14)28-23(32)16-4-5-18(30-8-6-25-7-9-30)21-20(16)29-19(11-26-21)34(2,3)33/h4-5,10-13,25H,6-9H2,1-3H3,(H,28,32). The highest BCUT2D eigenvalue weighted by Gasteiger charge is 2.23. The van der Waals surface area contributed by atoms with Crippen molar-refractivity contribution >= 4 is 46.5 Å². The number of aryl methyl sites for hydroxylation is 1. The van der Waals surface area contributed by atoms with Gasteiger partial charge in [-0.25, -0.2) is 19.3 Å². The molecule has 11 heteroatoms. The Morgan fingerprint density at radius 3 is 2.65 bits per heavy atom. The number of nitrogens with zero attached hydrogens (tertiary/aromatic N) is 5. The van der Waals surface area contributed by atoms with Gasteiger partial charge in [-0.1, -0.05) is 0 Å². The van der Waals surface area contributed by atoms with E-state index in [4.69, 9.17) is 0 Å². The van der Waals surface area contributed by atoms with Gasteiger partial charge in [0.1, 0.15) is 23.6 Å². The topological polar surface area (TPSA) is 105 Å². The zero-order chi connectivity index (χ0) is 24.0. The maximum Gasteiger partial charge on any atom is 0.257 e. The van der Waals surface area contributed by atoms with Gasteiger partial charge in [-0.2, -0.15) is 0 Å². The maximum absolute atomic E-state index is 14.5. The number of pyridine rings is 1. The van der Waals surface area contributed by atoms with Gasteiger partial charge in [0, 0.05) is 44.6 Å². The highest BCUT2D eigenvalue weighted by atomic mass is 31.2. The summed E-state index contributed by atoms with van der Waals surface area (Å²) in [5, 5.41) is 6.08. The van der Waals surface area contributed by atoms with Crippen LogP contribution in [0.1, 0.15) is 16.1 Å². The molecule has 4 aromatic rings. The molecule has 0 atom stereocenters. The Labute approximate surface area is 195 Å². The molecule has 0 radical (unpaired) electrons. The van der Waals surface area contributed by atoms with Crippen LogP contribution in [0.4, 0.5) is 15.8 Å². The number of carbonyl (C=O) groups excluding carboxylic acids is 1. The number of piperazine rings is 1. The van der Waals surface area contributed by atoms with Crippen molar-refractivity contribution in [2.75, 3.05) is 49.7 Å². The average Bonchev–Trinajstić information content (AvgIpc) is 3.18. The van der Waals surface area contributed by atoms with Crippen molar-refractivity contribution in [2.24, 2.45) is 0 Å². The number of rotatable bonds is 4. The van der Waals surface area contributed by atoms with Crippen LogP contribution < -0.4 is 21.0 Å². The van der Waals surface area contributed by atoms with E-state index in [9.17, 15) is 13.8 Å². The maximum atomic E-state index is 14.5. The molecule has 0 unspecified atom stereocenters. The van der Waals surface area contributed by atoms with Crippen molar-refractivity contribution < 1.29 is 13.8 Å². The predicted molar refractivity (Wildman–Crippen MR) is 132 cm³/mol. The van der Waals surface area contributed by atoms with Gasteiger partial charge in [0.2, 0.25) is 0 Å². The van der Waals surface area contributed by atoms with Crippen molar-refractivity contribution in [1.29, 1.82) is 0 Å². The Morgan fingerprint density at radius 1 is 1.15 bits per heavy atom. The summed E-state index contributed by atoms with van der Waals surface area (Å²) in [5.74, 6) is -0.995. The zero-order valence-corrected chi connectivity index (χ0v) is 20.1. The number of nitrogens with one attached hydrogen (secondary N) is 2. The van der Waals surface area contributed by atoms with E-state index in [1.165, 1.54) is 16.7 Å². The molecule has 3 aromatic heterocycles. The third kappa shape index (κ3) is 4.15. The van der Waals surface area contributed by atoms with Crippen LogP contribution in [0, 0.1) is 12.7 Å². The minimum absolute atomic E-state index is 0.193. The molecule has 176 valence electrons. The van der Waals surface area contributed by atoms with E-state index >= 15 is 0 Å². The van der Waals surface area contributed by atoms with E-state index < -0.39 is 18.9 Å². The number of hydrogen-bond acceptors (Lipinski definition) is 7. The van der Waals surface area contributed by atoms with E-state index in [1.807, 2.05) is 6.07 Å². The Bertz CT molecular complexity index is 1470. The van der Waals surface area contributed by atoms with Crippen LogP contribution in [-0.2, 0) is 4.57 Å².